The summed E-state index contributed by atoms with van der Waals surface area (Å²) in [5, 5.41) is 15.1. The van der Waals surface area contributed by atoms with Crippen LogP contribution in [0.4, 0.5) is 0 Å². The summed E-state index contributed by atoms with van der Waals surface area (Å²) >= 11 is 12.3. The number of carbonyl (C=O) groups excluding carboxylic acids is 1. The number of fused-ring (bicyclic) bond motifs is 1. The Morgan fingerprint density at radius 2 is 1.71 bits per heavy atom. The SMILES string of the molecule is O=C(NCCCCN1CCC(c2ccc3c(c2O)CCCC3)CC1)c1ccc(-c2ccc(Cl)cc2Cl)cc1. The minimum absolute atomic E-state index is 0.0515. The van der Waals surface area contributed by atoms with Gasteiger partial charge in [-0.1, -0.05) is 53.5 Å². The van der Waals surface area contributed by atoms with Gasteiger partial charge in [0, 0.05) is 27.7 Å². The first-order chi connectivity index (χ1) is 18.5. The standard InChI is InChI=1S/C32H36Cl2N2O2/c33-26-12-14-27(30(34)21-26)23-7-9-25(10-8-23)32(38)35-17-3-4-18-36-19-15-24(16-20-36)29-13-11-22-5-1-2-6-28(22)31(29)37/h7-14,21,24,37H,1-6,15-20H2,(H,35,38). The molecule has 1 aliphatic carbocycles. The number of amides is 1. The number of phenols is 1. The highest BCUT2D eigenvalue weighted by atomic mass is 35.5. The van der Waals surface area contributed by atoms with Crippen LogP contribution in [0.3, 0.4) is 0 Å². The van der Waals surface area contributed by atoms with Crippen molar-refractivity contribution in [2.45, 2.75) is 57.3 Å². The highest BCUT2D eigenvalue weighted by Crippen LogP contribution is 2.39. The summed E-state index contributed by atoms with van der Waals surface area (Å²) in [6, 6.07) is 17.4. The monoisotopic (exact) mass is 550 g/mol. The first-order valence-corrected chi connectivity index (χ1v) is 14.6. The fourth-order valence-corrected chi connectivity index (χ4v) is 6.43. The van der Waals surface area contributed by atoms with Crippen LogP contribution in [0.2, 0.25) is 10.0 Å². The molecule has 1 fully saturated rings. The summed E-state index contributed by atoms with van der Waals surface area (Å²) in [6.45, 7) is 3.85. The second-order valence-electron chi connectivity index (χ2n) is 10.6. The number of halogens is 2. The minimum Gasteiger partial charge on any atom is -0.507 e. The number of nitrogens with one attached hydrogen (secondary N) is 1. The van der Waals surface area contributed by atoms with Crippen LogP contribution >= 0.6 is 23.2 Å². The first-order valence-electron chi connectivity index (χ1n) is 13.9. The molecular formula is C32H36Cl2N2O2. The van der Waals surface area contributed by atoms with Crippen LogP contribution in [0.25, 0.3) is 11.1 Å². The lowest BCUT2D eigenvalue weighted by Gasteiger charge is -2.33. The summed E-state index contributed by atoms with van der Waals surface area (Å²) in [5.74, 6) is 0.990. The van der Waals surface area contributed by atoms with Crippen LogP contribution < -0.4 is 5.32 Å². The molecule has 5 rings (SSSR count). The van der Waals surface area contributed by atoms with Crippen molar-refractivity contribution in [3.63, 3.8) is 0 Å². The molecule has 0 atom stereocenters. The quantitative estimate of drug-likeness (QED) is 0.283. The number of likely N-dealkylation sites (tertiary alicyclic amines) is 1. The van der Waals surface area contributed by atoms with Gasteiger partial charge in [-0.05, 0) is 123 Å². The summed E-state index contributed by atoms with van der Waals surface area (Å²) in [4.78, 5) is 15.1. The van der Waals surface area contributed by atoms with E-state index in [9.17, 15) is 9.90 Å². The Balaban J connectivity index is 1.02. The van der Waals surface area contributed by atoms with Crippen molar-refractivity contribution in [1.29, 1.82) is 0 Å². The van der Waals surface area contributed by atoms with Gasteiger partial charge in [0.05, 0.1) is 0 Å². The number of hydrogen-bond acceptors (Lipinski definition) is 3. The van der Waals surface area contributed by atoms with E-state index in [0.29, 0.717) is 33.8 Å². The van der Waals surface area contributed by atoms with Crippen molar-refractivity contribution in [3.8, 4) is 16.9 Å². The molecule has 2 N–H and O–H groups in total. The molecule has 1 amide bonds. The maximum atomic E-state index is 12.6. The predicted octanol–water partition coefficient (Wildman–Crippen LogP) is 7.63. The van der Waals surface area contributed by atoms with Crippen molar-refractivity contribution in [2.24, 2.45) is 0 Å². The van der Waals surface area contributed by atoms with Gasteiger partial charge < -0.3 is 15.3 Å². The van der Waals surface area contributed by atoms with Gasteiger partial charge in [0.2, 0.25) is 0 Å². The second kappa shape index (κ2) is 12.5. The number of unbranched alkanes of at least 4 members (excludes halogenated alkanes) is 1. The number of benzene rings is 3. The van der Waals surface area contributed by atoms with Crippen LogP contribution in [-0.4, -0.2) is 42.1 Å². The van der Waals surface area contributed by atoms with Gasteiger partial charge in [-0.15, -0.1) is 0 Å². The van der Waals surface area contributed by atoms with E-state index in [4.69, 9.17) is 23.2 Å². The summed E-state index contributed by atoms with van der Waals surface area (Å²) < 4.78 is 0. The molecule has 2 aliphatic rings. The zero-order valence-corrected chi connectivity index (χ0v) is 23.3. The number of rotatable bonds is 8. The third-order valence-electron chi connectivity index (χ3n) is 8.14. The van der Waals surface area contributed by atoms with Gasteiger partial charge >= 0.3 is 0 Å². The highest BCUT2D eigenvalue weighted by molar-refractivity contribution is 6.36. The fourth-order valence-electron chi connectivity index (χ4n) is 5.91. The molecule has 0 bridgehead atoms. The van der Waals surface area contributed by atoms with Crippen LogP contribution in [0.15, 0.2) is 54.6 Å². The van der Waals surface area contributed by atoms with E-state index in [0.717, 1.165) is 74.8 Å². The summed E-state index contributed by atoms with van der Waals surface area (Å²) in [6.07, 6.45) is 8.76. The van der Waals surface area contributed by atoms with Gasteiger partial charge in [-0.2, -0.15) is 0 Å². The number of hydrogen-bond donors (Lipinski definition) is 2. The Bertz CT molecular complexity index is 1270. The number of piperidine rings is 1. The van der Waals surface area contributed by atoms with E-state index in [1.165, 1.54) is 24.0 Å². The van der Waals surface area contributed by atoms with E-state index < -0.39 is 0 Å². The molecule has 1 aliphatic heterocycles. The average molecular weight is 552 g/mol. The Kier molecular flexibility index (Phi) is 8.93. The number of carbonyl (C=O) groups is 1. The maximum Gasteiger partial charge on any atom is 0.251 e. The van der Waals surface area contributed by atoms with Crippen molar-refractivity contribution in [2.75, 3.05) is 26.2 Å². The zero-order valence-electron chi connectivity index (χ0n) is 21.8. The second-order valence-corrected chi connectivity index (χ2v) is 11.5. The number of phenolic OH excluding ortho intramolecular Hbond substituents is 1. The van der Waals surface area contributed by atoms with Gasteiger partial charge in [0.15, 0.2) is 0 Å². The fraction of sp³-hybridized carbons (Fsp3) is 0.406. The first kappa shape index (κ1) is 27.1. The lowest BCUT2D eigenvalue weighted by molar-refractivity contribution is 0.0952. The normalized spacial score (nSPS) is 16.3. The molecule has 0 spiro atoms. The van der Waals surface area contributed by atoms with Gasteiger partial charge in [0.25, 0.3) is 5.91 Å². The van der Waals surface area contributed by atoms with Crippen molar-refractivity contribution >= 4 is 29.1 Å². The Hall–Kier alpha value is -2.53. The van der Waals surface area contributed by atoms with Gasteiger partial charge in [-0.25, -0.2) is 0 Å². The van der Waals surface area contributed by atoms with Gasteiger partial charge in [0.1, 0.15) is 5.75 Å². The molecule has 1 saturated heterocycles. The Morgan fingerprint density at radius 1 is 0.947 bits per heavy atom. The molecule has 1 heterocycles. The third-order valence-corrected chi connectivity index (χ3v) is 8.68. The molecule has 3 aromatic rings. The lowest BCUT2D eigenvalue weighted by Crippen LogP contribution is -2.34. The molecule has 0 unspecified atom stereocenters. The predicted molar refractivity (Wildman–Crippen MR) is 157 cm³/mol. The lowest BCUT2D eigenvalue weighted by atomic mass is 9.83. The minimum atomic E-state index is -0.0515. The molecule has 6 heteroatoms. The largest absolute Gasteiger partial charge is 0.507 e. The molecular weight excluding hydrogens is 515 g/mol. The van der Waals surface area contributed by atoms with Crippen molar-refractivity contribution < 1.29 is 9.90 Å². The van der Waals surface area contributed by atoms with Crippen molar-refractivity contribution in [1.82, 2.24) is 10.2 Å². The van der Waals surface area contributed by atoms with E-state index >= 15 is 0 Å². The third kappa shape index (κ3) is 6.36. The molecule has 3 aromatic carbocycles. The Morgan fingerprint density at radius 3 is 2.47 bits per heavy atom. The molecule has 0 aromatic heterocycles. The topological polar surface area (TPSA) is 52.6 Å². The molecule has 38 heavy (non-hydrogen) atoms. The van der Waals surface area contributed by atoms with Crippen molar-refractivity contribution in [3.05, 3.63) is 86.9 Å². The number of nitrogens with zero attached hydrogens (tertiary/aromatic N) is 1. The van der Waals surface area contributed by atoms with Crippen LogP contribution in [0, 0.1) is 0 Å². The molecule has 0 radical (unpaired) electrons. The van der Waals surface area contributed by atoms with E-state index in [-0.39, 0.29) is 5.91 Å². The van der Waals surface area contributed by atoms with E-state index in [2.05, 4.69) is 22.3 Å². The summed E-state index contributed by atoms with van der Waals surface area (Å²) in [5.41, 5.74) is 6.21. The maximum absolute atomic E-state index is 12.6. The highest BCUT2D eigenvalue weighted by Gasteiger charge is 2.25. The number of aromatic hydroxyl groups is 1. The zero-order chi connectivity index (χ0) is 26.5. The van der Waals surface area contributed by atoms with Crippen LogP contribution in [0.1, 0.15) is 71.5 Å². The molecule has 200 valence electrons. The summed E-state index contributed by atoms with van der Waals surface area (Å²) in [7, 11) is 0. The van der Waals surface area contributed by atoms with E-state index in [1.807, 2.05) is 36.4 Å². The van der Waals surface area contributed by atoms with Crippen LogP contribution in [0.5, 0.6) is 5.75 Å². The van der Waals surface area contributed by atoms with Gasteiger partial charge in [-0.3, -0.25) is 4.79 Å². The number of aryl methyl sites for hydroxylation is 1. The van der Waals surface area contributed by atoms with E-state index in [1.54, 1.807) is 6.07 Å². The smallest absolute Gasteiger partial charge is 0.251 e. The molecule has 0 saturated carbocycles. The average Bonchev–Trinajstić information content (AvgIpc) is 2.94. The van der Waals surface area contributed by atoms with Crippen LogP contribution in [-0.2, 0) is 12.8 Å². The molecule has 4 nitrogen and oxygen atoms in total. The Labute approximate surface area is 236 Å².